The minimum absolute atomic E-state index is 0. The van der Waals surface area contributed by atoms with E-state index in [1.165, 1.54) is 0 Å². The number of hydrogen-bond acceptors (Lipinski definition) is 5. The Balaban J connectivity index is 0.00000144. The number of hydrogen-bond donors (Lipinski definition) is 1. The minimum atomic E-state index is -0.0254. The second kappa shape index (κ2) is 5.70. The number of pyridine rings is 1. The van der Waals surface area contributed by atoms with Crippen LogP contribution in [0.4, 0.5) is 5.95 Å². The monoisotopic (exact) mass is 319 g/mol. The van der Waals surface area contributed by atoms with Crippen molar-refractivity contribution in [3.63, 3.8) is 0 Å². The molecule has 0 aromatic carbocycles. The van der Waals surface area contributed by atoms with Crippen LogP contribution in [-0.2, 0) is 7.05 Å². The zero-order valence-electron chi connectivity index (χ0n) is 12.3. The van der Waals surface area contributed by atoms with E-state index in [-0.39, 0.29) is 18.0 Å². The maximum absolute atomic E-state index is 12.3. The molecule has 2 saturated heterocycles. The van der Waals surface area contributed by atoms with Crippen LogP contribution in [0, 0.1) is 0 Å². The van der Waals surface area contributed by atoms with E-state index in [1.807, 2.05) is 12.1 Å². The molecule has 22 heavy (non-hydrogen) atoms. The molecule has 2 bridgehead atoms. The van der Waals surface area contributed by atoms with Gasteiger partial charge in [-0.3, -0.25) is 14.3 Å². The van der Waals surface area contributed by atoms with Crippen LogP contribution in [0.2, 0.25) is 0 Å². The second-order valence-electron chi connectivity index (χ2n) is 5.72. The summed E-state index contributed by atoms with van der Waals surface area (Å²) in [6.45, 7) is 1.89. The van der Waals surface area contributed by atoms with Crippen LogP contribution in [0.3, 0.4) is 0 Å². The van der Waals surface area contributed by atoms with Gasteiger partial charge in [-0.25, -0.2) is 4.98 Å². The summed E-state index contributed by atoms with van der Waals surface area (Å²) in [7, 11) is 1.79. The van der Waals surface area contributed by atoms with Crippen molar-refractivity contribution < 1.29 is 0 Å². The topological polar surface area (TPSA) is 63.1 Å². The number of aromatic nitrogens is 3. The van der Waals surface area contributed by atoms with Gasteiger partial charge in [0.25, 0.3) is 5.56 Å². The Labute approximate surface area is 134 Å². The third-order valence-corrected chi connectivity index (χ3v) is 4.40. The average Bonchev–Trinajstić information content (AvgIpc) is 3.13. The molecule has 0 amide bonds. The van der Waals surface area contributed by atoms with Gasteiger partial charge in [0.2, 0.25) is 5.95 Å². The number of nitrogens with zero attached hydrogens (tertiary/aromatic N) is 4. The number of anilines is 1. The van der Waals surface area contributed by atoms with E-state index < -0.39 is 0 Å². The van der Waals surface area contributed by atoms with Crippen molar-refractivity contribution in [3.8, 4) is 11.3 Å². The Morgan fingerprint density at radius 2 is 2.09 bits per heavy atom. The molecule has 7 heteroatoms. The standard InChI is InChI=1S/C15H17N5O.ClH/c1-19-14(21)7-13(10-2-4-16-5-3-10)18-15(19)20-9-11-6-12(20)8-17-11;/h2-5,7,11-12,17H,6,8-9H2,1H3;1H. The molecule has 2 aromatic rings. The smallest absolute Gasteiger partial charge is 0.255 e. The van der Waals surface area contributed by atoms with Crippen LogP contribution in [0.15, 0.2) is 35.4 Å². The van der Waals surface area contributed by atoms with Crippen molar-refractivity contribution in [1.82, 2.24) is 19.9 Å². The van der Waals surface area contributed by atoms with Crippen LogP contribution in [0.5, 0.6) is 0 Å². The molecular weight excluding hydrogens is 302 g/mol. The third kappa shape index (κ3) is 2.38. The highest BCUT2D eigenvalue weighted by atomic mass is 35.5. The number of halogens is 1. The summed E-state index contributed by atoms with van der Waals surface area (Å²) in [4.78, 5) is 23.3. The van der Waals surface area contributed by atoms with Gasteiger partial charge < -0.3 is 10.2 Å². The normalized spacial score (nSPS) is 22.7. The molecule has 4 heterocycles. The Hall–Kier alpha value is -1.92. The van der Waals surface area contributed by atoms with Crippen LogP contribution in [0.1, 0.15) is 6.42 Å². The lowest BCUT2D eigenvalue weighted by molar-refractivity contribution is 0.562. The van der Waals surface area contributed by atoms with Crippen LogP contribution >= 0.6 is 12.4 Å². The molecule has 116 valence electrons. The van der Waals surface area contributed by atoms with E-state index in [2.05, 4.69) is 15.2 Å². The van der Waals surface area contributed by atoms with Gasteiger partial charge in [-0.2, -0.15) is 0 Å². The summed E-state index contributed by atoms with van der Waals surface area (Å²) in [5.74, 6) is 0.767. The number of nitrogens with one attached hydrogen (secondary N) is 1. The number of fused-ring (bicyclic) bond motifs is 2. The molecule has 0 spiro atoms. The Morgan fingerprint density at radius 3 is 2.73 bits per heavy atom. The van der Waals surface area contributed by atoms with Crippen LogP contribution in [0.25, 0.3) is 11.3 Å². The lowest BCUT2D eigenvalue weighted by Crippen LogP contribution is -2.46. The largest absolute Gasteiger partial charge is 0.336 e. The van der Waals surface area contributed by atoms with Gasteiger partial charge in [-0.05, 0) is 18.6 Å². The average molecular weight is 320 g/mol. The molecule has 0 aliphatic carbocycles. The van der Waals surface area contributed by atoms with Gasteiger partial charge >= 0.3 is 0 Å². The summed E-state index contributed by atoms with van der Waals surface area (Å²) in [5.41, 5.74) is 1.61. The predicted molar refractivity (Wildman–Crippen MR) is 87.5 cm³/mol. The van der Waals surface area contributed by atoms with Gasteiger partial charge in [0.15, 0.2) is 0 Å². The first kappa shape index (κ1) is 15.0. The highest BCUT2D eigenvalue weighted by molar-refractivity contribution is 5.85. The molecule has 2 unspecified atom stereocenters. The number of piperazine rings is 1. The molecule has 6 nitrogen and oxygen atoms in total. The molecular formula is C15H18ClN5O. The van der Waals surface area contributed by atoms with Crippen LogP contribution in [-0.4, -0.2) is 39.7 Å². The molecule has 2 aliphatic heterocycles. The molecule has 0 radical (unpaired) electrons. The fourth-order valence-electron chi connectivity index (χ4n) is 3.26. The van der Waals surface area contributed by atoms with Gasteiger partial charge in [0.05, 0.1) is 5.69 Å². The van der Waals surface area contributed by atoms with Crippen molar-refractivity contribution in [3.05, 3.63) is 40.9 Å². The van der Waals surface area contributed by atoms with Crippen molar-refractivity contribution in [1.29, 1.82) is 0 Å². The van der Waals surface area contributed by atoms with E-state index in [4.69, 9.17) is 4.98 Å². The second-order valence-corrected chi connectivity index (χ2v) is 5.72. The first-order chi connectivity index (χ1) is 10.2. The van der Waals surface area contributed by atoms with Crippen molar-refractivity contribution in [2.75, 3.05) is 18.0 Å². The van der Waals surface area contributed by atoms with Crippen molar-refractivity contribution in [2.24, 2.45) is 7.05 Å². The predicted octanol–water partition coefficient (Wildman–Crippen LogP) is 0.815. The first-order valence-corrected chi connectivity index (χ1v) is 7.21. The molecule has 2 aromatic heterocycles. The summed E-state index contributed by atoms with van der Waals surface area (Å²) in [6, 6.07) is 6.31. The van der Waals surface area contributed by atoms with E-state index in [0.29, 0.717) is 17.8 Å². The van der Waals surface area contributed by atoms with Gasteiger partial charge in [0, 0.05) is 56.2 Å². The van der Waals surface area contributed by atoms with Gasteiger partial charge in [-0.15, -0.1) is 12.4 Å². The Bertz CT molecular complexity index is 732. The highest BCUT2D eigenvalue weighted by Crippen LogP contribution is 2.28. The number of rotatable bonds is 2. The zero-order chi connectivity index (χ0) is 14.4. The lowest BCUT2D eigenvalue weighted by Gasteiger charge is -2.29. The third-order valence-electron chi connectivity index (χ3n) is 4.40. The van der Waals surface area contributed by atoms with Crippen LogP contribution < -0.4 is 15.8 Å². The van der Waals surface area contributed by atoms with Gasteiger partial charge in [0.1, 0.15) is 0 Å². The van der Waals surface area contributed by atoms with Gasteiger partial charge in [-0.1, -0.05) is 0 Å². The fraction of sp³-hybridized carbons (Fsp3) is 0.400. The maximum atomic E-state index is 12.3. The Morgan fingerprint density at radius 1 is 1.32 bits per heavy atom. The molecule has 2 aliphatic rings. The highest BCUT2D eigenvalue weighted by Gasteiger charge is 2.39. The van der Waals surface area contributed by atoms with E-state index >= 15 is 0 Å². The Kier molecular flexibility index (Phi) is 3.88. The van der Waals surface area contributed by atoms with Crippen molar-refractivity contribution in [2.45, 2.75) is 18.5 Å². The summed E-state index contributed by atoms with van der Waals surface area (Å²) < 4.78 is 1.64. The van der Waals surface area contributed by atoms with E-state index in [1.54, 1.807) is 30.1 Å². The maximum Gasteiger partial charge on any atom is 0.255 e. The molecule has 0 saturated carbocycles. The summed E-state index contributed by atoms with van der Waals surface area (Å²) in [5, 5.41) is 3.47. The molecule has 2 atom stereocenters. The summed E-state index contributed by atoms with van der Waals surface area (Å²) in [6.07, 6.45) is 4.57. The quantitative estimate of drug-likeness (QED) is 0.887. The van der Waals surface area contributed by atoms with E-state index in [0.717, 1.165) is 31.0 Å². The zero-order valence-corrected chi connectivity index (χ0v) is 13.1. The summed E-state index contributed by atoms with van der Waals surface area (Å²) >= 11 is 0. The fourth-order valence-corrected chi connectivity index (χ4v) is 3.26. The molecule has 1 N–H and O–H groups in total. The lowest BCUT2D eigenvalue weighted by atomic mass is 10.2. The van der Waals surface area contributed by atoms with Crippen molar-refractivity contribution >= 4 is 18.4 Å². The SMILES string of the molecule is Cl.Cn1c(N2CC3CC2CN3)nc(-c2ccncc2)cc1=O. The van der Waals surface area contributed by atoms with E-state index in [9.17, 15) is 4.79 Å². The molecule has 4 rings (SSSR count). The minimum Gasteiger partial charge on any atom is -0.336 e. The molecule has 2 fully saturated rings. The first-order valence-electron chi connectivity index (χ1n) is 7.21.